The topological polar surface area (TPSA) is 285 Å². The van der Waals surface area contributed by atoms with Gasteiger partial charge in [0.05, 0.1) is 0 Å². The van der Waals surface area contributed by atoms with E-state index in [4.69, 9.17) is 142 Å². The van der Waals surface area contributed by atoms with Gasteiger partial charge in [0, 0.05) is 34.1 Å². The summed E-state index contributed by atoms with van der Waals surface area (Å²) in [6, 6.07) is 0. The van der Waals surface area contributed by atoms with Crippen LogP contribution in [0.4, 0.5) is 0 Å². The zero-order valence-electron chi connectivity index (χ0n) is 12.5. The zero-order valence-corrected chi connectivity index (χ0v) is 16.0. The minimum Gasteiger partial charge on any atom is -0.512 e. The maximum absolute atomic E-state index is 6.25. The summed E-state index contributed by atoms with van der Waals surface area (Å²) < 4.78 is 0. The molecule has 0 fully saturated rings. The molecule has 0 unspecified atom stereocenters. The van der Waals surface area contributed by atoms with Crippen LogP contribution in [0.1, 0.15) is 0 Å². The van der Waals surface area contributed by atoms with Crippen LogP contribution in [0.5, 0.6) is 0 Å². The number of rotatable bonds is 0. The molecular formula is C12Mn3N12-10. The van der Waals surface area contributed by atoms with E-state index in [-0.39, 0.29) is 51.2 Å². The van der Waals surface area contributed by atoms with Gasteiger partial charge in [-0.25, -0.2) is 0 Å². The van der Waals surface area contributed by atoms with Gasteiger partial charge in [0.25, 0.3) is 0 Å². The van der Waals surface area contributed by atoms with Crippen molar-refractivity contribution in [2.45, 2.75) is 0 Å². The molecule has 0 aliphatic carbocycles. The summed E-state index contributed by atoms with van der Waals surface area (Å²) in [5, 5.41) is 75.0. The molecule has 0 atom stereocenters. The summed E-state index contributed by atoms with van der Waals surface area (Å²) in [5.74, 6) is 0. The van der Waals surface area contributed by atoms with Crippen LogP contribution in [-0.4, -0.2) is 0 Å². The predicted molar refractivity (Wildman–Crippen MR) is 59.6 cm³/mol. The second-order valence-corrected chi connectivity index (χ2v) is 0. The molecule has 0 amide bonds. The van der Waals surface area contributed by atoms with Crippen LogP contribution in [0, 0.1) is 142 Å². The van der Waals surface area contributed by atoms with Crippen LogP contribution in [-0.2, 0) is 51.2 Å². The van der Waals surface area contributed by atoms with Crippen LogP contribution in [0.25, 0.3) is 0 Å². The summed E-state index contributed by atoms with van der Waals surface area (Å²) >= 11 is 0. The van der Waals surface area contributed by atoms with E-state index in [1.165, 1.54) is 0 Å². The van der Waals surface area contributed by atoms with E-state index in [9.17, 15) is 0 Å². The summed E-state index contributed by atoms with van der Waals surface area (Å²) in [6.07, 6.45) is 0. The molecule has 0 spiro atoms. The van der Waals surface area contributed by atoms with Gasteiger partial charge in [-0.15, -0.1) is 0 Å². The van der Waals surface area contributed by atoms with Gasteiger partial charge in [0.1, 0.15) is 0 Å². The van der Waals surface area contributed by atoms with Crippen molar-refractivity contribution in [1.82, 2.24) is 0 Å². The average molecular weight is 477 g/mol. The third kappa shape index (κ3) is 389. The van der Waals surface area contributed by atoms with E-state index < -0.39 is 0 Å². The summed E-state index contributed by atoms with van der Waals surface area (Å²) in [5.41, 5.74) is 0. The van der Waals surface area contributed by atoms with Crippen molar-refractivity contribution in [3.05, 3.63) is 78.9 Å². The first-order chi connectivity index (χ1) is 12.0. The molecule has 0 aromatic rings. The normalized spacial score (nSPS) is 0.889. The van der Waals surface area contributed by atoms with Crippen LogP contribution >= 0.6 is 0 Å². The smallest absolute Gasteiger partial charge is 0.512 e. The van der Waals surface area contributed by atoms with Crippen LogP contribution < -0.4 is 0 Å². The third-order valence-electron chi connectivity index (χ3n) is 0. The Kier molecular flexibility index (Phi) is 2970. The molecule has 0 aromatic carbocycles. The molecule has 12 nitrogen and oxygen atoms in total. The van der Waals surface area contributed by atoms with E-state index in [1.807, 2.05) is 0 Å². The van der Waals surface area contributed by atoms with Crippen molar-refractivity contribution in [2.24, 2.45) is 0 Å². The fourth-order valence-corrected chi connectivity index (χ4v) is 0. The standard InChI is InChI=1S/12CN.3Mn/c12*1-2;;;/q12*-1;;;+2. The van der Waals surface area contributed by atoms with Gasteiger partial charge in [-0.1, -0.05) is 0 Å². The maximum Gasteiger partial charge on any atom is 2.00 e. The second-order valence-electron chi connectivity index (χ2n) is 0. The first-order valence-electron chi connectivity index (χ1n) is 2.68. The Labute approximate surface area is 192 Å². The van der Waals surface area contributed by atoms with Gasteiger partial charge in [-0.3, -0.25) is 0 Å². The number of nitrogens with zero attached hydrogens (tertiary/aromatic N) is 12. The van der Waals surface area contributed by atoms with Gasteiger partial charge in [0.2, 0.25) is 0 Å². The van der Waals surface area contributed by atoms with Crippen molar-refractivity contribution in [1.29, 1.82) is 63.1 Å². The molecule has 3 radical (unpaired) electrons. The maximum atomic E-state index is 6.25. The Bertz CT molecular complexity index is 224. The molecule has 0 aliphatic heterocycles. The molecule has 15 heteroatoms. The first-order valence-corrected chi connectivity index (χ1v) is 2.68. The number of hydrogen-bond donors (Lipinski definition) is 0. The SMILES string of the molecule is [C-]#N.[C-]#N.[C-]#N.[C-]#N.[C-]#N.[C-]#N.[C-]#N.[C-]#N.[C-]#N.[C-]#N.[C-]#N.[C-]#N.[Mn+2].[Mn].[Mn]. The minimum absolute atomic E-state index is 0. The molecule has 139 valence electrons. The van der Waals surface area contributed by atoms with Gasteiger partial charge in [-0.05, 0) is 0 Å². The van der Waals surface area contributed by atoms with E-state index in [0.29, 0.717) is 0 Å². The molecule has 0 aromatic heterocycles. The monoisotopic (exact) mass is 477 g/mol. The van der Waals surface area contributed by atoms with Crippen LogP contribution in [0.2, 0.25) is 0 Å². The quantitative estimate of drug-likeness (QED) is 0.350. The first kappa shape index (κ1) is 186. The molecular weight excluding hydrogens is 477 g/mol. The molecule has 0 saturated carbocycles. The van der Waals surface area contributed by atoms with E-state index >= 15 is 0 Å². The van der Waals surface area contributed by atoms with Crippen molar-refractivity contribution >= 4 is 0 Å². The van der Waals surface area contributed by atoms with Crippen molar-refractivity contribution < 1.29 is 51.2 Å². The molecule has 0 heterocycles. The van der Waals surface area contributed by atoms with E-state index in [2.05, 4.69) is 0 Å². The third-order valence-corrected chi connectivity index (χ3v) is 0. The van der Waals surface area contributed by atoms with E-state index in [0.717, 1.165) is 0 Å². The second kappa shape index (κ2) is 430. The van der Waals surface area contributed by atoms with Crippen molar-refractivity contribution in [3.63, 3.8) is 0 Å². The zero-order chi connectivity index (χ0) is 24.0. The van der Waals surface area contributed by atoms with Gasteiger partial charge in [0.15, 0.2) is 0 Å². The van der Waals surface area contributed by atoms with Crippen molar-refractivity contribution in [2.75, 3.05) is 0 Å². The van der Waals surface area contributed by atoms with Crippen molar-refractivity contribution in [3.8, 4) is 0 Å². The van der Waals surface area contributed by atoms with Crippen LogP contribution in [0.3, 0.4) is 0 Å². The van der Waals surface area contributed by atoms with Crippen LogP contribution in [0.15, 0.2) is 0 Å². The minimum atomic E-state index is 0. The Morgan fingerprint density at radius 2 is 0.185 bits per heavy atom. The summed E-state index contributed by atoms with van der Waals surface area (Å²) in [6.45, 7) is 57.0. The fraction of sp³-hybridized carbons (Fsp3) is 0. The Balaban J connectivity index is -0.00000000443. The molecule has 0 saturated heterocycles. The molecule has 0 N–H and O–H groups in total. The molecule has 27 heavy (non-hydrogen) atoms. The van der Waals surface area contributed by atoms with Gasteiger partial charge in [-0.2, -0.15) is 0 Å². The largest absolute Gasteiger partial charge is 2.00 e. The predicted octanol–water partition coefficient (Wildman–Crippen LogP) is 1.15. The molecule has 0 aliphatic rings. The Morgan fingerprint density at radius 1 is 0.185 bits per heavy atom. The van der Waals surface area contributed by atoms with E-state index in [1.54, 1.807) is 0 Å². The Morgan fingerprint density at radius 3 is 0.185 bits per heavy atom. The molecule has 0 rings (SSSR count). The summed E-state index contributed by atoms with van der Waals surface area (Å²) in [7, 11) is 0. The van der Waals surface area contributed by atoms with Gasteiger partial charge >= 0.3 is 17.1 Å². The Hall–Kier alpha value is -4.56. The van der Waals surface area contributed by atoms with Gasteiger partial charge < -0.3 is 142 Å². The number of hydrogen-bond acceptors (Lipinski definition) is 12. The average Bonchev–Trinajstić information content (AvgIpc) is 2.84. The summed E-state index contributed by atoms with van der Waals surface area (Å²) in [4.78, 5) is 0. The molecule has 0 bridgehead atoms. The fourth-order valence-electron chi connectivity index (χ4n) is 0.